The van der Waals surface area contributed by atoms with Crippen LogP contribution in [0.2, 0.25) is 0 Å². The van der Waals surface area contributed by atoms with Crippen molar-refractivity contribution in [2.45, 2.75) is 27.8 Å². The number of thiophene rings is 1. The quantitative estimate of drug-likeness (QED) is 0.223. The van der Waals surface area contributed by atoms with E-state index in [2.05, 4.69) is 34.7 Å². The number of sulfonamides is 1. The van der Waals surface area contributed by atoms with E-state index in [1.165, 1.54) is 11.0 Å². The lowest BCUT2D eigenvalue weighted by molar-refractivity contribution is 0.600. The summed E-state index contributed by atoms with van der Waals surface area (Å²) in [5.74, 6) is 0.672. The summed E-state index contributed by atoms with van der Waals surface area (Å²) in [5, 5.41) is 11.9. The van der Waals surface area contributed by atoms with Crippen molar-refractivity contribution < 1.29 is 8.42 Å². The third kappa shape index (κ3) is 7.82. The van der Waals surface area contributed by atoms with Gasteiger partial charge in [0.1, 0.15) is 4.21 Å². The Balaban J connectivity index is 0.00000338. The van der Waals surface area contributed by atoms with Crippen molar-refractivity contribution in [1.82, 2.24) is 10.6 Å². The predicted molar refractivity (Wildman–Crippen MR) is 121 cm³/mol. The van der Waals surface area contributed by atoms with Crippen molar-refractivity contribution in [2.75, 3.05) is 13.6 Å². The van der Waals surface area contributed by atoms with Gasteiger partial charge in [0.2, 0.25) is 10.0 Å². The van der Waals surface area contributed by atoms with Gasteiger partial charge in [0, 0.05) is 28.6 Å². The third-order valence-electron chi connectivity index (χ3n) is 3.21. The van der Waals surface area contributed by atoms with Crippen LogP contribution in [0.15, 0.2) is 56.6 Å². The second-order valence-corrected chi connectivity index (χ2v) is 9.78. The minimum Gasteiger partial charge on any atom is -0.355 e. The van der Waals surface area contributed by atoms with Gasteiger partial charge in [0.15, 0.2) is 5.96 Å². The van der Waals surface area contributed by atoms with Crippen molar-refractivity contribution in [3.8, 4) is 0 Å². The first kappa shape index (κ1) is 23.2. The van der Waals surface area contributed by atoms with E-state index in [-0.39, 0.29) is 28.2 Å². The average molecular weight is 526 g/mol. The number of hydrogen-bond donors (Lipinski definition) is 3. The van der Waals surface area contributed by atoms with Gasteiger partial charge < -0.3 is 10.6 Å². The zero-order valence-corrected chi connectivity index (χ0v) is 19.3. The molecule has 0 saturated carbocycles. The fourth-order valence-corrected chi connectivity index (χ4v) is 4.67. The predicted octanol–water partition coefficient (Wildman–Crippen LogP) is 2.86. The van der Waals surface area contributed by atoms with Crippen LogP contribution in [0.5, 0.6) is 0 Å². The average Bonchev–Trinajstić information content (AvgIpc) is 3.05. The number of guanidine groups is 1. The van der Waals surface area contributed by atoms with E-state index < -0.39 is 10.0 Å². The molecule has 1 aromatic heterocycles. The highest BCUT2D eigenvalue weighted by atomic mass is 127. The molecular weight excluding hydrogens is 503 g/mol. The molecule has 6 nitrogen and oxygen atoms in total. The lowest BCUT2D eigenvalue weighted by Gasteiger charge is -2.15. The van der Waals surface area contributed by atoms with Crippen molar-refractivity contribution in [3.05, 3.63) is 47.3 Å². The molecule has 0 aliphatic heterocycles. The van der Waals surface area contributed by atoms with Gasteiger partial charge in [-0.05, 0) is 24.3 Å². The van der Waals surface area contributed by atoms with Gasteiger partial charge in [0.25, 0.3) is 0 Å². The summed E-state index contributed by atoms with van der Waals surface area (Å²) in [6.45, 7) is 3.39. The Labute approximate surface area is 180 Å². The molecule has 10 heteroatoms. The number of nitrogens with two attached hydrogens (primary N) is 1. The van der Waals surface area contributed by atoms with Crippen LogP contribution >= 0.6 is 47.1 Å². The Morgan fingerprint density at radius 2 is 1.92 bits per heavy atom. The van der Waals surface area contributed by atoms with Crippen LogP contribution in [0, 0.1) is 0 Å². The van der Waals surface area contributed by atoms with Crippen LogP contribution < -0.4 is 15.8 Å². The molecule has 1 heterocycles. The van der Waals surface area contributed by atoms with Crippen LogP contribution in [0.3, 0.4) is 0 Å². The highest BCUT2D eigenvalue weighted by molar-refractivity contribution is 14.0. The number of benzene rings is 1. The van der Waals surface area contributed by atoms with Gasteiger partial charge in [0.05, 0.1) is 6.54 Å². The highest BCUT2D eigenvalue weighted by Gasteiger charge is 2.11. The van der Waals surface area contributed by atoms with Crippen molar-refractivity contribution in [3.63, 3.8) is 0 Å². The minimum absolute atomic E-state index is 0. The van der Waals surface area contributed by atoms with E-state index in [0.29, 0.717) is 17.8 Å². The zero-order chi connectivity index (χ0) is 18.3. The molecule has 1 aromatic carbocycles. The number of rotatable bonds is 7. The van der Waals surface area contributed by atoms with Gasteiger partial charge in [-0.25, -0.2) is 13.6 Å². The van der Waals surface area contributed by atoms with Crippen molar-refractivity contribution >= 4 is 63.1 Å². The number of nitrogens with one attached hydrogen (secondary N) is 2. The maximum absolute atomic E-state index is 11.3. The normalized spacial score (nSPS) is 13.0. The molecule has 0 saturated heterocycles. The van der Waals surface area contributed by atoms with E-state index >= 15 is 0 Å². The zero-order valence-electron chi connectivity index (χ0n) is 14.5. The Hall–Kier alpha value is -0.820. The fraction of sp³-hybridized carbons (Fsp3) is 0.312. The van der Waals surface area contributed by atoms with Crippen LogP contribution in [-0.2, 0) is 16.6 Å². The lowest BCUT2D eigenvalue weighted by atomic mass is 10.4. The largest absolute Gasteiger partial charge is 0.355 e. The number of primary sulfonamides is 1. The number of hydrogen-bond acceptors (Lipinski definition) is 5. The van der Waals surface area contributed by atoms with E-state index in [4.69, 9.17) is 5.14 Å². The van der Waals surface area contributed by atoms with E-state index in [0.717, 1.165) is 22.8 Å². The standard InChI is InChI=1S/C16H22N4O2S3.HI/c1-12(23-13-6-4-3-5-7-13)10-19-16(18-2)20-11-14-8-9-15(24-14)25(17,21)22;/h3-9,12H,10-11H2,1-2H3,(H2,17,21,22)(H2,18,19,20);1H. The minimum atomic E-state index is -3.64. The fourth-order valence-electron chi connectivity index (χ4n) is 2.01. The molecule has 1 unspecified atom stereocenters. The number of halogens is 1. The summed E-state index contributed by atoms with van der Waals surface area (Å²) in [4.78, 5) is 6.29. The number of nitrogens with zero attached hydrogens (tertiary/aromatic N) is 1. The molecule has 1 atom stereocenters. The van der Waals surface area contributed by atoms with Crippen LogP contribution in [-0.4, -0.2) is 33.2 Å². The molecule has 2 rings (SSSR count). The first-order valence-electron chi connectivity index (χ1n) is 7.66. The third-order valence-corrected chi connectivity index (χ3v) is 6.85. The second-order valence-electron chi connectivity index (χ2n) is 5.31. The molecule has 0 amide bonds. The molecule has 0 spiro atoms. The molecule has 0 fully saturated rings. The number of aliphatic imine (C=N–C) groups is 1. The topological polar surface area (TPSA) is 96.6 Å². The Morgan fingerprint density at radius 1 is 1.23 bits per heavy atom. The second kappa shape index (κ2) is 11.1. The van der Waals surface area contributed by atoms with Gasteiger partial charge >= 0.3 is 0 Å². The van der Waals surface area contributed by atoms with Gasteiger partial charge in [-0.2, -0.15) is 0 Å². The number of thioether (sulfide) groups is 1. The molecule has 4 N–H and O–H groups in total. The maximum Gasteiger partial charge on any atom is 0.247 e. The smallest absolute Gasteiger partial charge is 0.247 e. The summed E-state index contributed by atoms with van der Waals surface area (Å²) in [6, 6.07) is 13.5. The Bertz CT molecular complexity index is 810. The molecule has 2 aromatic rings. The summed E-state index contributed by atoms with van der Waals surface area (Å²) in [7, 11) is -1.93. The monoisotopic (exact) mass is 526 g/mol. The van der Waals surface area contributed by atoms with Crippen molar-refractivity contribution in [2.24, 2.45) is 10.1 Å². The van der Waals surface area contributed by atoms with E-state index in [9.17, 15) is 8.42 Å². The molecule has 144 valence electrons. The molecular formula is C16H23IN4O2S3. The van der Waals surface area contributed by atoms with Gasteiger partial charge in [-0.15, -0.1) is 47.1 Å². The SMILES string of the molecule is CN=C(NCc1ccc(S(N)(=O)=O)s1)NCC(C)Sc1ccccc1.I. The van der Waals surface area contributed by atoms with Gasteiger partial charge in [-0.3, -0.25) is 4.99 Å². The van der Waals surface area contributed by atoms with Crippen molar-refractivity contribution in [1.29, 1.82) is 0 Å². The molecule has 0 aliphatic rings. The van der Waals surface area contributed by atoms with E-state index in [1.807, 2.05) is 18.2 Å². The van der Waals surface area contributed by atoms with Crippen LogP contribution in [0.1, 0.15) is 11.8 Å². The van der Waals surface area contributed by atoms with Crippen LogP contribution in [0.25, 0.3) is 0 Å². The first-order valence-corrected chi connectivity index (χ1v) is 10.9. The molecule has 26 heavy (non-hydrogen) atoms. The van der Waals surface area contributed by atoms with E-state index in [1.54, 1.807) is 24.9 Å². The Kier molecular flexibility index (Phi) is 9.93. The first-order chi connectivity index (χ1) is 11.9. The molecule has 0 aliphatic carbocycles. The molecule has 0 radical (unpaired) electrons. The summed E-state index contributed by atoms with van der Waals surface area (Å²) in [5.41, 5.74) is 0. The van der Waals surface area contributed by atoms with Crippen LogP contribution in [0.4, 0.5) is 0 Å². The lowest BCUT2D eigenvalue weighted by Crippen LogP contribution is -2.39. The summed E-state index contributed by atoms with van der Waals surface area (Å²) in [6.07, 6.45) is 0. The summed E-state index contributed by atoms with van der Waals surface area (Å²) >= 11 is 2.95. The molecule has 0 bridgehead atoms. The summed E-state index contributed by atoms with van der Waals surface area (Å²) < 4.78 is 22.8. The Morgan fingerprint density at radius 3 is 2.50 bits per heavy atom. The highest BCUT2D eigenvalue weighted by Crippen LogP contribution is 2.22. The maximum atomic E-state index is 11.3. The van der Waals surface area contributed by atoms with Gasteiger partial charge in [-0.1, -0.05) is 25.1 Å².